The van der Waals surface area contributed by atoms with Crippen LogP contribution in [0.5, 0.6) is 0 Å². The Morgan fingerprint density at radius 2 is 1.63 bits per heavy atom. The van der Waals surface area contributed by atoms with Crippen molar-refractivity contribution in [1.29, 1.82) is 0 Å². The van der Waals surface area contributed by atoms with E-state index in [0.29, 0.717) is 6.54 Å². The van der Waals surface area contributed by atoms with E-state index in [9.17, 15) is 4.79 Å². The smallest absolute Gasteiger partial charge is 0.373 e. The molecule has 0 amide bonds. The lowest BCUT2D eigenvalue weighted by molar-refractivity contribution is 0.164. The standard InChI is InChI=1S/C15H15NO2S/c17-15(19-14-9-5-2-6-10-14)18-12-16-11-13-7-3-1-4-8-13/h1-10,16H,11-12H2. The summed E-state index contributed by atoms with van der Waals surface area (Å²) < 4.78 is 5.08. The Labute approximate surface area is 117 Å². The Morgan fingerprint density at radius 1 is 1.00 bits per heavy atom. The number of hydrogen-bond acceptors (Lipinski definition) is 4. The molecule has 0 aliphatic rings. The van der Waals surface area contributed by atoms with Crippen molar-refractivity contribution in [3.63, 3.8) is 0 Å². The molecular weight excluding hydrogens is 258 g/mol. The molecule has 0 saturated carbocycles. The van der Waals surface area contributed by atoms with E-state index in [1.165, 1.54) is 0 Å². The first-order valence-corrected chi connectivity index (χ1v) is 6.80. The van der Waals surface area contributed by atoms with Gasteiger partial charge in [0.05, 0.1) is 0 Å². The number of benzene rings is 2. The summed E-state index contributed by atoms with van der Waals surface area (Å²) in [6, 6.07) is 19.4. The Balaban J connectivity index is 1.65. The average Bonchev–Trinajstić information content (AvgIpc) is 2.46. The highest BCUT2D eigenvalue weighted by Crippen LogP contribution is 2.18. The third-order valence-electron chi connectivity index (χ3n) is 2.41. The van der Waals surface area contributed by atoms with Crippen LogP contribution in [0.3, 0.4) is 0 Å². The average molecular weight is 273 g/mol. The van der Waals surface area contributed by atoms with Gasteiger partial charge in [0, 0.05) is 11.4 Å². The maximum Gasteiger partial charge on any atom is 0.373 e. The van der Waals surface area contributed by atoms with E-state index in [1.54, 1.807) is 0 Å². The summed E-state index contributed by atoms with van der Waals surface area (Å²) in [4.78, 5) is 12.4. The summed E-state index contributed by atoms with van der Waals surface area (Å²) in [6.45, 7) is 0.900. The van der Waals surface area contributed by atoms with E-state index >= 15 is 0 Å². The quantitative estimate of drug-likeness (QED) is 0.390. The predicted molar refractivity (Wildman–Crippen MR) is 76.9 cm³/mol. The molecule has 0 atom stereocenters. The Hall–Kier alpha value is -1.78. The summed E-state index contributed by atoms with van der Waals surface area (Å²) in [5, 5.41) is 2.76. The molecule has 2 rings (SSSR count). The first-order valence-electron chi connectivity index (χ1n) is 5.99. The van der Waals surface area contributed by atoms with Crippen LogP contribution in [0.15, 0.2) is 65.6 Å². The number of nitrogens with one attached hydrogen (secondary N) is 1. The van der Waals surface area contributed by atoms with Crippen LogP contribution in [0.25, 0.3) is 0 Å². The second-order valence-corrected chi connectivity index (χ2v) is 4.88. The zero-order chi connectivity index (χ0) is 13.3. The molecule has 2 aromatic rings. The summed E-state index contributed by atoms with van der Waals surface area (Å²) in [5.74, 6) is 0. The zero-order valence-electron chi connectivity index (χ0n) is 10.4. The van der Waals surface area contributed by atoms with Crippen LogP contribution in [-0.4, -0.2) is 12.0 Å². The third kappa shape index (κ3) is 5.16. The zero-order valence-corrected chi connectivity index (χ0v) is 11.2. The van der Waals surface area contributed by atoms with Crippen molar-refractivity contribution in [1.82, 2.24) is 5.32 Å². The largest absolute Gasteiger partial charge is 0.441 e. The van der Waals surface area contributed by atoms with Crippen molar-refractivity contribution in [3.8, 4) is 0 Å². The van der Waals surface area contributed by atoms with Crippen LogP contribution in [0.2, 0.25) is 0 Å². The highest BCUT2D eigenvalue weighted by atomic mass is 32.2. The monoisotopic (exact) mass is 273 g/mol. The molecule has 0 fully saturated rings. The molecule has 4 heteroatoms. The number of rotatable bonds is 5. The number of carbonyl (C=O) groups excluding carboxylic acids is 1. The molecule has 0 unspecified atom stereocenters. The van der Waals surface area contributed by atoms with Crippen LogP contribution < -0.4 is 5.32 Å². The molecule has 3 nitrogen and oxygen atoms in total. The minimum Gasteiger partial charge on any atom is -0.441 e. The number of hydrogen-bond donors (Lipinski definition) is 1. The van der Waals surface area contributed by atoms with Gasteiger partial charge in [0.1, 0.15) is 6.73 Å². The minimum absolute atomic E-state index is 0.216. The normalized spacial score (nSPS) is 10.1. The molecule has 0 radical (unpaired) electrons. The number of thioether (sulfide) groups is 1. The van der Waals surface area contributed by atoms with Crippen molar-refractivity contribution in [2.24, 2.45) is 0 Å². The van der Waals surface area contributed by atoms with Gasteiger partial charge in [-0.3, -0.25) is 5.32 Å². The molecule has 0 aliphatic carbocycles. The number of carbonyl (C=O) groups is 1. The van der Waals surface area contributed by atoms with E-state index in [-0.39, 0.29) is 12.0 Å². The number of ether oxygens (including phenoxy) is 1. The molecule has 0 saturated heterocycles. The first kappa shape index (κ1) is 13.6. The minimum atomic E-state index is -0.299. The molecular formula is C15H15NO2S. The summed E-state index contributed by atoms with van der Waals surface area (Å²) in [5.41, 5.74) is 1.16. The molecule has 0 heterocycles. The molecule has 2 aromatic carbocycles. The van der Waals surface area contributed by atoms with Gasteiger partial charge in [-0.15, -0.1) is 0 Å². The summed E-state index contributed by atoms with van der Waals surface area (Å²) in [7, 11) is 0. The molecule has 0 spiro atoms. The van der Waals surface area contributed by atoms with Gasteiger partial charge in [-0.1, -0.05) is 48.5 Å². The molecule has 98 valence electrons. The van der Waals surface area contributed by atoms with E-state index in [4.69, 9.17) is 4.74 Å². The molecule has 1 N–H and O–H groups in total. The topological polar surface area (TPSA) is 38.3 Å². The van der Waals surface area contributed by atoms with Gasteiger partial charge in [-0.25, -0.2) is 4.79 Å². The van der Waals surface area contributed by atoms with Crippen molar-refractivity contribution in [2.75, 3.05) is 6.73 Å². The van der Waals surface area contributed by atoms with E-state index in [2.05, 4.69) is 5.32 Å². The lowest BCUT2D eigenvalue weighted by Gasteiger charge is -2.06. The third-order valence-corrected chi connectivity index (χ3v) is 3.20. The predicted octanol–water partition coefficient (Wildman–Crippen LogP) is 3.66. The van der Waals surface area contributed by atoms with E-state index in [1.807, 2.05) is 60.7 Å². The second-order valence-electron chi connectivity index (χ2n) is 3.87. The fourth-order valence-electron chi connectivity index (χ4n) is 1.52. The van der Waals surface area contributed by atoms with Crippen LogP contribution in [0.1, 0.15) is 5.56 Å². The van der Waals surface area contributed by atoms with Gasteiger partial charge in [0.25, 0.3) is 0 Å². The Kier molecular flexibility index (Phi) is 5.47. The van der Waals surface area contributed by atoms with Crippen LogP contribution in [-0.2, 0) is 11.3 Å². The lowest BCUT2D eigenvalue weighted by atomic mass is 10.2. The summed E-state index contributed by atoms with van der Waals surface area (Å²) in [6.07, 6.45) is 0. The van der Waals surface area contributed by atoms with Gasteiger partial charge in [-0.2, -0.15) is 0 Å². The maximum absolute atomic E-state index is 11.5. The highest BCUT2D eigenvalue weighted by molar-refractivity contribution is 8.13. The molecule has 19 heavy (non-hydrogen) atoms. The van der Waals surface area contributed by atoms with Crippen molar-refractivity contribution in [2.45, 2.75) is 11.4 Å². The molecule has 0 aromatic heterocycles. The fraction of sp³-hybridized carbons (Fsp3) is 0.133. The van der Waals surface area contributed by atoms with Gasteiger partial charge >= 0.3 is 5.30 Å². The first-order chi connectivity index (χ1) is 9.34. The van der Waals surface area contributed by atoms with E-state index in [0.717, 1.165) is 22.2 Å². The van der Waals surface area contributed by atoms with E-state index < -0.39 is 0 Å². The summed E-state index contributed by atoms with van der Waals surface area (Å²) >= 11 is 1.09. The van der Waals surface area contributed by atoms with Gasteiger partial charge < -0.3 is 4.74 Å². The molecule has 0 aliphatic heterocycles. The van der Waals surface area contributed by atoms with Gasteiger partial charge in [-0.05, 0) is 29.5 Å². The Bertz CT molecular complexity index is 502. The fourth-order valence-corrected chi connectivity index (χ4v) is 2.12. The second kappa shape index (κ2) is 7.61. The van der Waals surface area contributed by atoms with Crippen LogP contribution in [0.4, 0.5) is 4.79 Å². The van der Waals surface area contributed by atoms with Crippen molar-refractivity contribution < 1.29 is 9.53 Å². The maximum atomic E-state index is 11.5. The van der Waals surface area contributed by atoms with Gasteiger partial charge in [0.15, 0.2) is 0 Å². The van der Waals surface area contributed by atoms with Crippen molar-refractivity contribution >= 4 is 17.1 Å². The van der Waals surface area contributed by atoms with Crippen molar-refractivity contribution in [3.05, 3.63) is 66.2 Å². The van der Waals surface area contributed by atoms with Crippen LogP contribution >= 0.6 is 11.8 Å². The van der Waals surface area contributed by atoms with Crippen LogP contribution in [0, 0.1) is 0 Å². The molecule has 0 bridgehead atoms. The SMILES string of the molecule is O=C(OCNCc1ccccc1)Sc1ccccc1. The van der Waals surface area contributed by atoms with Gasteiger partial charge in [0.2, 0.25) is 0 Å². The lowest BCUT2D eigenvalue weighted by Crippen LogP contribution is -2.18. The highest BCUT2D eigenvalue weighted by Gasteiger charge is 2.04. The Morgan fingerprint density at radius 3 is 2.32 bits per heavy atom.